The predicted octanol–water partition coefficient (Wildman–Crippen LogP) is 3.78. The lowest BCUT2D eigenvalue weighted by Gasteiger charge is -2.26. The Kier molecular flexibility index (Phi) is 5.37. The number of halogens is 1. The Hall–Kier alpha value is -2.73. The zero-order valence-electron chi connectivity index (χ0n) is 17.2. The summed E-state index contributed by atoms with van der Waals surface area (Å²) < 4.78 is 15.5. The van der Waals surface area contributed by atoms with Crippen LogP contribution in [-0.2, 0) is 6.54 Å². The van der Waals surface area contributed by atoms with Crippen LogP contribution in [-0.4, -0.2) is 57.5 Å². The summed E-state index contributed by atoms with van der Waals surface area (Å²) in [6.45, 7) is 6.94. The molecule has 152 valence electrons. The molecule has 1 saturated heterocycles. The fourth-order valence-corrected chi connectivity index (χ4v) is 4.03. The van der Waals surface area contributed by atoms with Crippen molar-refractivity contribution in [2.75, 3.05) is 20.1 Å². The van der Waals surface area contributed by atoms with Crippen LogP contribution in [0.25, 0.3) is 11.0 Å². The van der Waals surface area contributed by atoms with Crippen molar-refractivity contribution >= 4 is 16.9 Å². The number of hydrogen-bond acceptors (Lipinski definition) is 3. The van der Waals surface area contributed by atoms with Crippen LogP contribution >= 0.6 is 0 Å². The van der Waals surface area contributed by atoms with E-state index < -0.39 is 0 Å². The molecule has 1 aliphatic rings. The van der Waals surface area contributed by atoms with E-state index in [4.69, 9.17) is 0 Å². The number of carbonyl (C=O) groups is 1. The van der Waals surface area contributed by atoms with Gasteiger partial charge in [0, 0.05) is 44.3 Å². The molecule has 0 saturated carbocycles. The van der Waals surface area contributed by atoms with Crippen molar-refractivity contribution in [3.63, 3.8) is 0 Å². The van der Waals surface area contributed by atoms with Crippen molar-refractivity contribution in [3.8, 4) is 0 Å². The second-order valence-electron chi connectivity index (χ2n) is 8.15. The molecule has 29 heavy (non-hydrogen) atoms. The standard InChI is InChI=1S/C23H27FN4O/c1-16(2)27-11-10-20(14-27)26(3)23(29)18-6-4-17(5-7-18)13-28-15-25-21-9-8-19(24)12-22(21)28/h4-9,12,15-16,20H,10-11,13-14H2,1-3H3. The third-order valence-corrected chi connectivity index (χ3v) is 5.93. The van der Waals surface area contributed by atoms with Crippen LogP contribution in [0.5, 0.6) is 0 Å². The summed E-state index contributed by atoms with van der Waals surface area (Å²) in [6, 6.07) is 13.0. The first-order chi connectivity index (χ1) is 13.9. The van der Waals surface area contributed by atoms with Crippen LogP contribution in [0, 0.1) is 5.82 Å². The Morgan fingerprint density at radius 3 is 2.69 bits per heavy atom. The topological polar surface area (TPSA) is 41.4 Å². The van der Waals surface area contributed by atoms with E-state index in [1.807, 2.05) is 40.8 Å². The van der Waals surface area contributed by atoms with Gasteiger partial charge in [-0.05, 0) is 56.2 Å². The minimum atomic E-state index is -0.272. The maximum Gasteiger partial charge on any atom is 0.253 e. The van der Waals surface area contributed by atoms with Crippen molar-refractivity contribution < 1.29 is 9.18 Å². The van der Waals surface area contributed by atoms with E-state index in [-0.39, 0.29) is 17.8 Å². The zero-order chi connectivity index (χ0) is 20.5. The smallest absolute Gasteiger partial charge is 0.253 e. The molecule has 1 aliphatic heterocycles. The van der Waals surface area contributed by atoms with Gasteiger partial charge in [-0.3, -0.25) is 9.69 Å². The molecule has 2 heterocycles. The van der Waals surface area contributed by atoms with Crippen LogP contribution in [0.1, 0.15) is 36.2 Å². The number of aromatic nitrogens is 2. The van der Waals surface area contributed by atoms with Crippen molar-refractivity contribution in [1.82, 2.24) is 19.4 Å². The van der Waals surface area contributed by atoms with E-state index >= 15 is 0 Å². The van der Waals surface area contributed by atoms with E-state index in [9.17, 15) is 9.18 Å². The molecule has 6 heteroatoms. The molecule has 0 radical (unpaired) electrons. The van der Waals surface area contributed by atoms with E-state index in [2.05, 4.69) is 23.7 Å². The maximum atomic E-state index is 13.6. The van der Waals surface area contributed by atoms with Crippen LogP contribution in [0.3, 0.4) is 0 Å². The van der Waals surface area contributed by atoms with Gasteiger partial charge in [-0.15, -0.1) is 0 Å². The molecule has 0 spiro atoms. The van der Waals surface area contributed by atoms with E-state index in [0.717, 1.165) is 36.1 Å². The first kappa shape index (κ1) is 19.6. The second-order valence-corrected chi connectivity index (χ2v) is 8.15. The number of amides is 1. The molecular weight excluding hydrogens is 367 g/mol. The fraction of sp³-hybridized carbons (Fsp3) is 0.391. The number of likely N-dealkylation sites (N-methyl/N-ethyl adjacent to an activating group) is 1. The summed E-state index contributed by atoms with van der Waals surface area (Å²) in [5, 5.41) is 0. The molecule has 3 aromatic rings. The summed E-state index contributed by atoms with van der Waals surface area (Å²) in [7, 11) is 1.90. The molecular formula is C23H27FN4O. The highest BCUT2D eigenvalue weighted by molar-refractivity contribution is 5.94. The minimum absolute atomic E-state index is 0.0577. The van der Waals surface area contributed by atoms with E-state index in [1.165, 1.54) is 12.1 Å². The molecule has 1 atom stereocenters. The second kappa shape index (κ2) is 7.95. The summed E-state index contributed by atoms with van der Waals surface area (Å²) in [5.74, 6) is -0.214. The van der Waals surface area contributed by atoms with Crippen LogP contribution in [0.4, 0.5) is 4.39 Å². The third-order valence-electron chi connectivity index (χ3n) is 5.93. The molecule has 5 nitrogen and oxygen atoms in total. The minimum Gasteiger partial charge on any atom is -0.337 e. The lowest BCUT2D eigenvalue weighted by Crippen LogP contribution is -2.40. The number of benzene rings is 2. The van der Waals surface area contributed by atoms with Crippen molar-refractivity contribution in [2.24, 2.45) is 0 Å². The number of carbonyl (C=O) groups excluding carboxylic acids is 1. The van der Waals surface area contributed by atoms with Gasteiger partial charge in [0.1, 0.15) is 5.82 Å². The SMILES string of the molecule is CC(C)N1CCC(N(C)C(=O)c2ccc(Cn3cnc4ccc(F)cc43)cc2)C1. The number of likely N-dealkylation sites (tertiary alicyclic amines) is 1. The van der Waals surface area contributed by atoms with Crippen molar-refractivity contribution in [2.45, 2.75) is 38.9 Å². The van der Waals surface area contributed by atoms with Gasteiger partial charge in [-0.1, -0.05) is 12.1 Å². The Balaban J connectivity index is 1.44. The highest BCUT2D eigenvalue weighted by Gasteiger charge is 2.29. The molecule has 1 fully saturated rings. The predicted molar refractivity (Wildman–Crippen MR) is 112 cm³/mol. The number of fused-ring (bicyclic) bond motifs is 1. The van der Waals surface area contributed by atoms with Gasteiger partial charge in [0.25, 0.3) is 5.91 Å². The van der Waals surface area contributed by atoms with Gasteiger partial charge < -0.3 is 9.47 Å². The number of imidazole rings is 1. The summed E-state index contributed by atoms with van der Waals surface area (Å²) in [6.07, 6.45) is 2.74. The fourth-order valence-electron chi connectivity index (χ4n) is 4.03. The van der Waals surface area contributed by atoms with Crippen molar-refractivity contribution in [1.29, 1.82) is 0 Å². The first-order valence-electron chi connectivity index (χ1n) is 10.1. The molecule has 0 N–H and O–H groups in total. The zero-order valence-corrected chi connectivity index (χ0v) is 17.2. The van der Waals surface area contributed by atoms with Gasteiger partial charge in [-0.25, -0.2) is 9.37 Å². The lowest BCUT2D eigenvalue weighted by atomic mass is 10.1. The maximum absolute atomic E-state index is 13.6. The monoisotopic (exact) mass is 394 g/mol. The quantitative estimate of drug-likeness (QED) is 0.661. The number of hydrogen-bond donors (Lipinski definition) is 0. The Bertz CT molecular complexity index is 1010. The molecule has 2 aromatic carbocycles. The van der Waals surface area contributed by atoms with E-state index in [1.54, 1.807) is 12.4 Å². The largest absolute Gasteiger partial charge is 0.337 e. The van der Waals surface area contributed by atoms with E-state index in [0.29, 0.717) is 18.2 Å². The Labute approximate surface area is 170 Å². The molecule has 1 amide bonds. The third kappa shape index (κ3) is 4.03. The highest BCUT2D eigenvalue weighted by Crippen LogP contribution is 2.20. The number of rotatable bonds is 5. The number of nitrogens with zero attached hydrogens (tertiary/aromatic N) is 4. The molecule has 1 aromatic heterocycles. The van der Waals surface area contributed by atoms with Crippen LogP contribution in [0.2, 0.25) is 0 Å². The Morgan fingerprint density at radius 2 is 2.00 bits per heavy atom. The normalized spacial score (nSPS) is 17.3. The first-order valence-corrected chi connectivity index (χ1v) is 10.1. The average Bonchev–Trinajstić information content (AvgIpc) is 3.35. The molecule has 0 bridgehead atoms. The van der Waals surface area contributed by atoms with Gasteiger partial charge >= 0.3 is 0 Å². The van der Waals surface area contributed by atoms with Gasteiger partial charge in [0.2, 0.25) is 0 Å². The van der Waals surface area contributed by atoms with Gasteiger partial charge in [-0.2, -0.15) is 0 Å². The summed E-state index contributed by atoms with van der Waals surface area (Å²) in [4.78, 5) is 21.5. The van der Waals surface area contributed by atoms with Crippen molar-refractivity contribution in [3.05, 3.63) is 65.7 Å². The lowest BCUT2D eigenvalue weighted by molar-refractivity contribution is 0.0732. The molecule has 0 aliphatic carbocycles. The summed E-state index contributed by atoms with van der Waals surface area (Å²) in [5.41, 5.74) is 3.27. The van der Waals surface area contributed by atoms with Crippen LogP contribution < -0.4 is 0 Å². The van der Waals surface area contributed by atoms with Crippen LogP contribution in [0.15, 0.2) is 48.8 Å². The van der Waals surface area contributed by atoms with Gasteiger partial charge in [0.05, 0.1) is 17.4 Å². The highest BCUT2D eigenvalue weighted by atomic mass is 19.1. The van der Waals surface area contributed by atoms with Gasteiger partial charge in [0.15, 0.2) is 0 Å². The molecule has 4 rings (SSSR count). The summed E-state index contributed by atoms with van der Waals surface area (Å²) >= 11 is 0. The Morgan fingerprint density at radius 1 is 1.24 bits per heavy atom. The average molecular weight is 394 g/mol. The molecule has 1 unspecified atom stereocenters.